The van der Waals surface area contributed by atoms with Crippen LogP contribution in [0.1, 0.15) is 24.6 Å². The molecule has 10 heteroatoms. The molecule has 2 aliphatic heterocycles. The molecule has 2 aromatic carbocycles. The molecule has 2 N–H and O–H groups in total. The average molecular weight is 574 g/mol. The molecule has 0 aliphatic carbocycles. The standard InChI is InChI=1S/C32H43N7O3/c1-4-30(41)33-12-15-38(5-2)31-27-11-14-39(29-22-25(40)21-24-9-6-7-10-26(24)29)23-28(27)34-32(35-31)42-20-8-13-37-18-16-36(3)17-19-37/h4,6-7,9-10,21-22,40H,1,5,8,11-20,23H2,2-3H3,(H,33,41). The summed E-state index contributed by atoms with van der Waals surface area (Å²) in [5.74, 6) is 0.930. The van der Waals surface area contributed by atoms with Gasteiger partial charge in [-0.05, 0) is 44.3 Å². The average Bonchev–Trinajstić information content (AvgIpc) is 3.01. The lowest BCUT2D eigenvalue weighted by atomic mass is 10.0. The van der Waals surface area contributed by atoms with E-state index in [1.54, 1.807) is 6.07 Å². The largest absolute Gasteiger partial charge is 0.508 e. The van der Waals surface area contributed by atoms with Gasteiger partial charge in [0.1, 0.15) is 11.6 Å². The number of phenols is 1. The van der Waals surface area contributed by atoms with Gasteiger partial charge in [-0.3, -0.25) is 4.79 Å². The van der Waals surface area contributed by atoms with Crippen LogP contribution in [0, 0.1) is 0 Å². The van der Waals surface area contributed by atoms with Gasteiger partial charge in [-0.2, -0.15) is 9.97 Å². The Balaban J connectivity index is 1.37. The molecule has 1 saturated heterocycles. The van der Waals surface area contributed by atoms with Crippen LogP contribution in [-0.4, -0.2) is 103 Å². The maximum atomic E-state index is 11.7. The predicted octanol–water partition coefficient (Wildman–Crippen LogP) is 3.04. The molecule has 5 rings (SSSR count). The summed E-state index contributed by atoms with van der Waals surface area (Å²) in [6.45, 7) is 14.7. The maximum absolute atomic E-state index is 11.7. The first kappa shape index (κ1) is 29.6. The molecule has 2 aliphatic rings. The van der Waals surface area contributed by atoms with E-state index in [4.69, 9.17) is 14.7 Å². The first-order valence-corrected chi connectivity index (χ1v) is 15.0. The van der Waals surface area contributed by atoms with E-state index in [9.17, 15) is 9.90 Å². The van der Waals surface area contributed by atoms with E-state index in [0.717, 1.165) is 92.2 Å². The number of nitrogens with one attached hydrogen (secondary N) is 1. The molecule has 0 spiro atoms. The zero-order valence-corrected chi connectivity index (χ0v) is 24.9. The molecule has 0 saturated carbocycles. The minimum atomic E-state index is -0.186. The van der Waals surface area contributed by atoms with E-state index < -0.39 is 0 Å². The SMILES string of the molecule is C=CC(=O)NCCN(CC)c1nc(OCCCN2CCN(C)CC2)nc2c1CCN(c1cc(O)cc3ccccc13)C2. The molecule has 42 heavy (non-hydrogen) atoms. The molecule has 0 atom stereocenters. The fourth-order valence-corrected chi connectivity index (χ4v) is 5.78. The Morgan fingerprint density at radius 3 is 2.76 bits per heavy atom. The van der Waals surface area contributed by atoms with Gasteiger partial charge in [0.05, 0.1) is 18.8 Å². The van der Waals surface area contributed by atoms with Gasteiger partial charge in [0, 0.05) is 81.6 Å². The molecular weight excluding hydrogens is 530 g/mol. The fourth-order valence-electron chi connectivity index (χ4n) is 5.78. The van der Waals surface area contributed by atoms with Crippen molar-refractivity contribution in [3.05, 3.63) is 60.3 Å². The molecule has 1 aromatic heterocycles. The molecule has 3 aromatic rings. The van der Waals surface area contributed by atoms with E-state index >= 15 is 0 Å². The van der Waals surface area contributed by atoms with Crippen LogP contribution in [0.2, 0.25) is 0 Å². The number of hydrogen-bond acceptors (Lipinski definition) is 9. The highest BCUT2D eigenvalue weighted by Crippen LogP contribution is 2.36. The summed E-state index contributed by atoms with van der Waals surface area (Å²) in [5.41, 5.74) is 3.03. The van der Waals surface area contributed by atoms with Crippen LogP contribution in [0.15, 0.2) is 49.1 Å². The van der Waals surface area contributed by atoms with Crippen molar-refractivity contribution in [3.63, 3.8) is 0 Å². The zero-order valence-electron chi connectivity index (χ0n) is 24.9. The normalized spacial score (nSPS) is 15.8. The number of aromatic hydroxyl groups is 1. The molecule has 10 nitrogen and oxygen atoms in total. The van der Waals surface area contributed by atoms with Gasteiger partial charge in [0.15, 0.2) is 0 Å². The smallest absolute Gasteiger partial charge is 0.318 e. The van der Waals surface area contributed by atoms with Gasteiger partial charge < -0.3 is 34.8 Å². The highest BCUT2D eigenvalue weighted by Gasteiger charge is 2.26. The number of fused-ring (bicyclic) bond motifs is 2. The molecule has 3 heterocycles. The molecule has 0 radical (unpaired) electrons. The van der Waals surface area contributed by atoms with Crippen molar-refractivity contribution in [2.24, 2.45) is 0 Å². The van der Waals surface area contributed by atoms with Gasteiger partial charge in [-0.1, -0.05) is 30.8 Å². The first-order valence-electron chi connectivity index (χ1n) is 15.0. The number of aromatic nitrogens is 2. The Kier molecular flexibility index (Phi) is 9.76. The van der Waals surface area contributed by atoms with E-state index in [1.165, 1.54) is 6.08 Å². The van der Waals surface area contributed by atoms with E-state index in [1.807, 2.05) is 24.3 Å². The molecule has 0 bridgehead atoms. The number of anilines is 2. The summed E-state index contributed by atoms with van der Waals surface area (Å²) < 4.78 is 6.18. The lowest BCUT2D eigenvalue weighted by Crippen LogP contribution is -2.44. The second-order valence-electron chi connectivity index (χ2n) is 11.0. The number of likely N-dealkylation sites (N-methyl/N-ethyl adjacent to an activating group) is 2. The number of nitrogens with zero attached hydrogens (tertiary/aromatic N) is 6. The Bertz CT molecular complexity index is 1390. The van der Waals surface area contributed by atoms with Crippen molar-refractivity contribution in [3.8, 4) is 11.8 Å². The summed E-state index contributed by atoms with van der Waals surface area (Å²) >= 11 is 0. The van der Waals surface area contributed by atoms with E-state index in [2.05, 4.69) is 51.5 Å². The summed E-state index contributed by atoms with van der Waals surface area (Å²) in [7, 11) is 2.17. The number of amides is 1. The fraction of sp³-hybridized carbons (Fsp3) is 0.469. The van der Waals surface area contributed by atoms with Gasteiger partial charge in [-0.15, -0.1) is 0 Å². The van der Waals surface area contributed by atoms with Gasteiger partial charge in [-0.25, -0.2) is 0 Å². The number of rotatable bonds is 12. The number of carbonyl (C=O) groups is 1. The van der Waals surface area contributed by atoms with Crippen LogP contribution in [0.5, 0.6) is 11.8 Å². The van der Waals surface area contributed by atoms with Crippen molar-refractivity contribution in [2.45, 2.75) is 26.3 Å². The van der Waals surface area contributed by atoms with E-state index in [0.29, 0.717) is 32.3 Å². The third-order valence-corrected chi connectivity index (χ3v) is 8.18. The van der Waals surface area contributed by atoms with Gasteiger partial charge in [0.25, 0.3) is 0 Å². The highest BCUT2D eigenvalue weighted by molar-refractivity contribution is 5.95. The van der Waals surface area contributed by atoms with Crippen molar-refractivity contribution < 1.29 is 14.6 Å². The van der Waals surface area contributed by atoms with Crippen LogP contribution >= 0.6 is 0 Å². The van der Waals surface area contributed by atoms with Crippen LogP contribution in [0.25, 0.3) is 10.8 Å². The van der Waals surface area contributed by atoms with Crippen LogP contribution in [-0.2, 0) is 17.8 Å². The topological polar surface area (TPSA) is 97.3 Å². The predicted molar refractivity (Wildman–Crippen MR) is 168 cm³/mol. The number of ether oxygens (including phenoxy) is 1. The number of carbonyl (C=O) groups excluding carboxylic acids is 1. The van der Waals surface area contributed by atoms with Gasteiger partial charge in [0.2, 0.25) is 5.91 Å². The summed E-state index contributed by atoms with van der Waals surface area (Å²) in [6, 6.07) is 12.2. The second kappa shape index (κ2) is 13.8. The molecular formula is C32H43N7O3. The molecule has 1 amide bonds. The number of hydrogen-bond donors (Lipinski definition) is 2. The van der Waals surface area contributed by atoms with Crippen LogP contribution in [0.3, 0.4) is 0 Å². The number of phenolic OH excluding ortho intramolecular Hbond substituents is 1. The van der Waals surface area contributed by atoms with Crippen LogP contribution in [0.4, 0.5) is 11.5 Å². The minimum Gasteiger partial charge on any atom is -0.508 e. The Hall–Kier alpha value is -3.89. The summed E-state index contributed by atoms with van der Waals surface area (Å²) in [5, 5.41) is 15.5. The second-order valence-corrected chi connectivity index (χ2v) is 11.0. The highest BCUT2D eigenvalue weighted by atomic mass is 16.5. The van der Waals surface area contributed by atoms with Crippen LogP contribution < -0.4 is 19.9 Å². The minimum absolute atomic E-state index is 0.186. The first-order chi connectivity index (χ1) is 20.4. The molecule has 224 valence electrons. The third-order valence-electron chi connectivity index (χ3n) is 8.18. The Morgan fingerprint density at radius 1 is 1.17 bits per heavy atom. The van der Waals surface area contributed by atoms with Crippen molar-refractivity contribution >= 4 is 28.2 Å². The van der Waals surface area contributed by atoms with Gasteiger partial charge >= 0.3 is 6.01 Å². The summed E-state index contributed by atoms with van der Waals surface area (Å²) in [4.78, 5) is 30.9. The Morgan fingerprint density at radius 2 is 1.98 bits per heavy atom. The lowest BCUT2D eigenvalue weighted by Gasteiger charge is -2.34. The quantitative estimate of drug-likeness (QED) is 0.250. The van der Waals surface area contributed by atoms with Crippen molar-refractivity contribution in [2.75, 3.05) is 82.4 Å². The number of benzene rings is 2. The van der Waals surface area contributed by atoms with Crippen molar-refractivity contribution in [1.29, 1.82) is 0 Å². The van der Waals surface area contributed by atoms with Crippen molar-refractivity contribution in [1.82, 2.24) is 25.1 Å². The Labute approximate surface area is 248 Å². The lowest BCUT2D eigenvalue weighted by molar-refractivity contribution is -0.116. The monoisotopic (exact) mass is 573 g/mol. The van der Waals surface area contributed by atoms with E-state index in [-0.39, 0.29) is 11.7 Å². The molecule has 1 fully saturated rings. The molecule has 0 unspecified atom stereocenters. The maximum Gasteiger partial charge on any atom is 0.318 e. The zero-order chi connectivity index (χ0) is 29.5. The summed E-state index contributed by atoms with van der Waals surface area (Å²) in [6.07, 6.45) is 2.95. The third kappa shape index (κ3) is 7.11. The number of piperazine rings is 1.